The molecule has 2 rings (SSSR count). The molecule has 0 atom stereocenters. The van der Waals surface area contributed by atoms with Crippen molar-refractivity contribution in [3.63, 3.8) is 0 Å². The van der Waals surface area contributed by atoms with Crippen molar-refractivity contribution in [3.8, 4) is 28.7 Å². The molecule has 29 heavy (non-hydrogen) atoms. The smallest absolute Gasteiger partial charge is 0.277 e. The molecular weight excluding hydrogens is 512 g/mol. The number of carbonyl (C=O) groups excluding carboxylic acids is 1. The number of nitrogens with one attached hydrogen (secondary N) is 1. The first-order chi connectivity index (χ1) is 13.9. The van der Waals surface area contributed by atoms with Crippen LogP contribution in [0.4, 0.5) is 0 Å². The van der Waals surface area contributed by atoms with Crippen LogP contribution in [0.15, 0.2) is 38.3 Å². The first kappa shape index (κ1) is 22.8. The Hall–Kier alpha value is -2.46. The van der Waals surface area contributed by atoms with Crippen LogP contribution in [0.5, 0.6) is 28.7 Å². The van der Waals surface area contributed by atoms with Gasteiger partial charge in [-0.05, 0) is 40.2 Å². The zero-order valence-electron chi connectivity index (χ0n) is 16.2. The van der Waals surface area contributed by atoms with E-state index in [1.807, 2.05) is 0 Å². The van der Waals surface area contributed by atoms with E-state index in [4.69, 9.17) is 23.7 Å². The predicted octanol–water partition coefficient (Wildman–Crippen LogP) is 3.78. The molecule has 0 aliphatic carbocycles. The maximum Gasteiger partial charge on any atom is 0.277 e. The normalized spacial score (nSPS) is 10.6. The highest BCUT2D eigenvalue weighted by atomic mass is 79.9. The number of benzene rings is 2. The first-order valence-corrected chi connectivity index (χ1v) is 9.79. The average molecular weight is 532 g/mol. The molecular formula is C19H20Br2N2O6. The lowest BCUT2D eigenvalue weighted by molar-refractivity contribution is -0.123. The molecule has 0 bridgehead atoms. The zero-order valence-corrected chi connectivity index (χ0v) is 19.4. The van der Waals surface area contributed by atoms with Crippen LogP contribution in [0.3, 0.4) is 0 Å². The van der Waals surface area contributed by atoms with Gasteiger partial charge in [0.25, 0.3) is 5.91 Å². The van der Waals surface area contributed by atoms with Crippen molar-refractivity contribution in [2.24, 2.45) is 5.10 Å². The van der Waals surface area contributed by atoms with E-state index < -0.39 is 5.91 Å². The lowest BCUT2D eigenvalue weighted by Gasteiger charge is -2.13. The van der Waals surface area contributed by atoms with Crippen LogP contribution in [0.2, 0.25) is 0 Å². The van der Waals surface area contributed by atoms with Crippen molar-refractivity contribution in [2.75, 3.05) is 35.0 Å². The molecule has 1 amide bonds. The number of hydrogen-bond donors (Lipinski definition) is 1. The van der Waals surface area contributed by atoms with Gasteiger partial charge in [-0.1, -0.05) is 15.9 Å². The summed E-state index contributed by atoms with van der Waals surface area (Å²) in [6.45, 7) is -0.247. The number of hydrazone groups is 1. The molecule has 0 aromatic heterocycles. The van der Waals surface area contributed by atoms with Crippen LogP contribution in [0, 0.1) is 0 Å². The summed E-state index contributed by atoms with van der Waals surface area (Å²) in [4.78, 5) is 12.0. The van der Waals surface area contributed by atoms with Gasteiger partial charge in [-0.2, -0.15) is 5.10 Å². The Bertz CT molecular complexity index is 880. The van der Waals surface area contributed by atoms with Crippen molar-refractivity contribution < 1.29 is 28.5 Å². The van der Waals surface area contributed by atoms with E-state index in [-0.39, 0.29) is 6.61 Å². The van der Waals surface area contributed by atoms with Crippen molar-refractivity contribution in [1.29, 1.82) is 0 Å². The lowest BCUT2D eigenvalue weighted by Crippen LogP contribution is -2.24. The van der Waals surface area contributed by atoms with Gasteiger partial charge in [-0.3, -0.25) is 4.79 Å². The fraction of sp³-hybridized carbons (Fsp3) is 0.263. The van der Waals surface area contributed by atoms with E-state index in [9.17, 15) is 4.79 Å². The minimum atomic E-state index is -0.439. The van der Waals surface area contributed by atoms with E-state index in [0.29, 0.717) is 38.8 Å². The summed E-state index contributed by atoms with van der Waals surface area (Å²) < 4.78 is 28.1. The third kappa shape index (κ3) is 6.01. The number of methoxy groups -OCH3 is 4. The van der Waals surface area contributed by atoms with Crippen molar-refractivity contribution in [1.82, 2.24) is 5.43 Å². The number of halogens is 2. The maximum atomic E-state index is 12.0. The fourth-order valence-electron chi connectivity index (χ4n) is 2.35. The lowest BCUT2D eigenvalue weighted by atomic mass is 10.2. The van der Waals surface area contributed by atoms with Gasteiger partial charge in [0.15, 0.2) is 29.6 Å². The van der Waals surface area contributed by atoms with Crippen molar-refractivity contribution >= 4 is 44.0 Å². The highest BCUT2D eigenvalue weighted by Crippen LogP contribution is 2.38. The Kier molecular flexibility index (Phi) is 8.59. The molecule has 0 fully saturated rings. The van der Waals surface area contributed by atoms with Gasteiger partial charge in [0.05, 0.1) is 39.1 Å². The maximum absolute atomic E-state index is 12.0. The molecule has 8 nitrogen and oxygen atoms in total. The summed E-state index contributed by atoms with van der Waals surface area (Å²) in [7, 11) is 6.08. The number of hydrogen-bond acceptors (Lipinski definition) is 7. The third-order valence-electron chi connectivity index (χ3n) is 3.63. The Labute approximate surface area is 185 Å². The van der Waals surface area contributed by atoms with E-state index in [1.54, 1.807) is 24.3 Å². The van der Waals surface area contributed by atoms with Crippen LogP contribution in [0.25, 0.3) is 0 Å². The van der Waals surface area contributed by atoms with Crippen LogP contribution in [0.1, 0.15) is 5.56 Å². The van der Waals surface area contributed by atoms with Gasteiger partial charge in [0, 0.05) is 10.0 Å². The minimum Gasteiger partial charge on any atom is -0.493 e. The van der Waals surface area contributed by atoms with Crippen molar-refractivity contribution in [3.05, 3.63) is 38.8 Å². The summed E-state index contributed by atoms with van der Waals surface area (Å²) >= 11 is 6.74. The molecule has 0 aliphatic heterocycles. The fourth-order valence-corrected chi connectivity index (χ4v) is 3.65. The van der Waals surface area contributed by atoms with Gasteiger partial charge in [-0.15, -0.1) is 0 Å². The molecule has 1 N–H and O–H groups in total. The molecule has 0 heterocycles. The summed E-state index contributed by atoms with van der Waals surface area (Å²) in [5, 5.41) is 3.93. The Morgan fingerprint density at radius 1 is 0.931 bits per heavy atom. The van der Waals surface area contributed by atoms with E-state index in [0.717, 1.165) is 4.47 Å². The van der Waals surface area contributed by atoms with Crippen LogP contribution < -0.4 is 29.1 Å². The molecule has 2 aromatic rings. The van der Waals surface area contributed by atoms with Gasteiger partial charge in [0.2, 0.25) is 5.75 Å². The largest absolute Gasteiger partial charge is 0.493 e. The molecule has 0 spiro atoms. The van der Waals surface area contributed by atoms with Gasteiger partial charge >= 0.3 is 0 Å². The molecule has 2 aromatic carbocycles. The predicted molar refractivity (Wildman–Crippen MR) is 116 cm³/mol. The molecule has 10 heteroatoms. The van der Waals surface area contributed by atoms with Gasteiger partial charge < -0.3 is 23.7 Å². The molecule has 0 radical (unpaired) electrons. The van der Waals surface area contributed by atoms with Crippen LogP contribution in [-0.2, 0) is 4.79 Å². The van der Waals surface area contributed by atoms with Crippen LogP contribution >= 0.6 is 31.9 Å². The summed E-state index contributed by atoms with van der Waals surface area (Å²) in [5.74, 6) is 1.90. The standard InChI is InChI=1S/C19H20Br2N2O6/c1-25-14-5-11(6-15(26-2)19(14)28-4)9-22-23-17(24)10-29-18-13(21)7-12(20)8-16(18)27-3/h5-9H,10H2,1-4H3,(H,23,24)/b22-9+. The Morgan fingerprint density at radius 3 is 2.07 bits per heavy atom. The second-order valence-electron chi connectivity index (χ2n) is 5.46. The zero-order chi connectivity index (χ0) is 21.4. The summed E-state index contributed by atoms with van der Waals surface area (Å²) in [5.41, 5.74) is 3.05. The SMILES string of the molecule is COc1cc(Br)cc(Br)c1OCC(=O)N/N=C/c1cc(OC)c(OC)c(OC)c1. The number of amides is 1. The monoisotopic (exact) mass is 530 g/mol. The average Bonchev–Trinajstić information content (AvgIpc) is 2.71. The molecule has 156 valence electrons. The molecule has 0 aliphatic rings. The Morgan fingerprint density at radius 2 is 1.52 bits per heavy atom. The number of rotatable bonds is 9. The molecule has 0 saturated heterocycles. The number of nitrogens with zero attached hydrogens (tertiary/aromatic N) is 1. The minimum absolute atomic E-state index is 0.247. The molecule has 0 unspecified atom stereocenters. The first-order valence-electron chi connectivity index (χ1n) is 8.21. The summed E-state index contributed by atoms with van der Waals surface area (Å²) in [6.07, 6.45) is 1.46. The number of ether oxygens (including phenoxy) is 5. The van der Waals surface area contributed by atoms with Gasteiger partial charge in [-0.25, -0.2) is 5.43 Å². The Balaban J connectivity index is 2.02. The van der Waals surface area contributed by atoms with E-state index in [2.05, 4.69) is 42.4 Å². The van der Waals surface area contributed by atoms with Crippen LogP contribution in [-0.4, -0.2) is 47.2 Å². The second-order valence-corrected chi connectivity index (χ2v) is 7.23. The highest BCUT2D eigenvalue weighted by Gasteiger charge is 2.14. The van der Waals surface area contributed by atoms with E-state index in [1.165, 1.54) is 34.7 Å². The molecule has 0 saturated carbocycles. The van der Waals surface area contributed by atoms with Gasteiger partial charge in [0.1, 0.15) is 0 Å². The van der Waals surface area contributed by atoms with Crippen molar-refractivity contribution in [2.45, 2.75) is 0 Å². The summed E-state index contributed by atoms with van der Waals surface area (Å²) in [6, 6.07) is 6.94. The topological polar surface area (TPSA) is 87.6 Å². The quantitative estimate of drug-likeness (QED) is 0.391. The second kappa shape index (κ2) is 10.9. The van der Waals surface area contributed by atoms with E-state index >= 15 is 0 Å². The third-order valence-corrected chi connectivity index (χ3v) is 4.68. The number of carbonyl (C=O) groups is 1. The highest BCUT2D eigenvalue weighted by molar-refractivity contribution is 9.11.